The van der Waals surface area contributed by atoms with Crippen LogP contribution in [0, 0.1) is 0 Å². The van der Waals surface area contributed by atoms with Crippen LogP contribution in [0.2, 0.25) is 0 Å². The molecule has 0 aromatic carbocycles. The molecule has 0 radical (unpaired) electrons. The van der Waals surface area contributed by atoms with Gasteiger partial charge in [0.1, 0.15) is 6.61 Å². The molecule has 0 saturated heterocycles. The van der Waals surface area contributed by atoms with Gasteiger partial charge in [-0.1, -0.05) is 117 Å². The molecule has 0 spiro atoms. The molecule has 37 heavy (non-hydrogen) atoms. The third kappa shape index (κ3) is 30.4. The molecule has 0 saturated carbocycles. The molecule has 2 unspecified atom stereocenters. The number of carbonyl (C=O) groups excluding carboxylic acids is 2. The van der Waals surface area contributed by atoms with Gasteiger partial charge in [0.15, 0.2) is 6.10 Å². The zero-order valence-electron chi connectivity index (χ0n) is 23.9. The molecule has 0 bridgehead atoms. The number of phosphoric acid groups is 1. The Kier molecular flexibility index (Phi) is 29.2. The monoisotopic (exact) mass is 558 g/mol. The number of rotatable bonds is 26. The molecule has 8 nitrogen and oxygen atoms in total. The fourth-order valence-corrected chi connectivity index (χ4v) is 4.31. The molecule has 0 aromatic rings. The van der Waals surface area contributed by atoms with Crippen molar-refractivity contribution < 1.29 is 67.5 Å². The van der Waals surface area contributed by atoms with Crippen molar-refractivity contribution in [1.29, 1.82) is 0 Å². The quantitative estimate of drug-likeness (QED) is 0.0737. The molecule has 0 aliphatic carbocycles. The van der Waals surface area contributed by atoms with Crippen LogP contribution in [0.25, 0.3) is 0 Å². The van der Waals surface area contributed by atoms with E-state index in [1.54, 1.807) is 0 Å². The van der Waals surface area contributed by atoms with Crippen LogP contribution < -0.4 is 34.5 Å². The summed E-state index contributed by atoms with van der Waals surface area (Å²) in [5.74, 6) is -0.924. The van der Waals surface area contributed by atoms with Gasteiger partial charge in [0.2, 0.25) is 0 Å². The van der Waals surface area contributed by atoms with Crippen molar-refractivity contribution in [1.82, 2.24) is 0 Å². The van der Waals surface area contributed by atoms with Crippen LogP contribution >= 0.6 is 7.82 Å². The van der Waals surface area contributed by atoms with Gasteiger partial charge in [-0.05, 0) is 12.8 Å². The van der Waals surface area contributed by atoms with Crippen molar-refractivity contribution >= 4 is 19.8 Å². The number of unbranched alkanes of at least 4 members (excludes halogenated alkanes) is 16. The van der Waals surface area contributed by atoms with Gasteiger partial charge in [0, 0.05) is 12.8 Å². The Bertz CT molecular complexity index is 585. The van der Waals surface area contributed by atoms with Crippen LogP contribution in [0.15, 0.2) is 0 Å². The third-order valence-corrected chi connectivity index (χ3v) is 6.60. The van der Waals surface area contributed by atoms with E-state index in [0.29, 0.717) is 6.42 Å². The summed E-state index contributed by atoms with van der Waals surface area (Å²) < 4.78 is 25.7. The van der Waals surface area contributed by atoms with Crippen LogP contribution in [-0.2, 0) is 28.2 Å². The predicted molar refractivity (Wildman–Crippen MR) is 140 cm³/mol. The SMILES string of the molecule is CCCCCCCCCCCC(=O)OCC(COP(=O)([O-])O)OC(=O)CCCCCCCCCCC.[Na+]. The molecule has 0 rings (SSSR count). The van der Waals surface area contributed by atoms with Crippen LogP contribution in [0.1, 0.15) is 142 Å². The maximum Gasteiger partial charge on any atom is 1.00 e. The summed E-state index contributed by atoms with van der Waals surface area (Å²) in [7, 11) is -4.97. The van der Waals surface area contributed by atoms with Crippen LogP contribution in [0.4, 0.5) is 0 Å². The van der Waals surface area contributed by atoms with E-state index in [4.69, 9.17) is 14.4 Å². The fraction of sp³-hybridized carbons (Fsp3) is 0.926. The second-order valence-corrected chi connectivity index (χ2v) is 10.9. The first-order valence-corrected chi connectivity index (χ1v) is 15.8. The van der Waals surface area contributed by atoms with E-state index < -0.39 is 32.5 Å². The number of esters is 2. The molecule has 0 fully saturated rings. The summed E-state index contributed by atoms with van der Waals surface area (Å²) in [5, 5.41) is 0. The average molecular weight is 559 g/mol. The summed E-state index contributed by atoms with van der Waals surface area (Å²) in [4.78, 5) is 44.0. The Morgan fingerprint density at radius 1 is 0.676 bits per heavy atom. The Hall–Kier alpha value is 0.0500. The zero-order chi connectivity index (χ0) is 26.9. The summed E-state index contributed by atoms with van der Waals surface area (Å²) in [6.45, 7) is 3.50. The average Bonchev–Trinajstić information content (AvgIpc) is 2.83. The smallest absolute Gasteiger partial charge is 0.756 e. The summed E-state index contributed by atoms with van der Waals surface area (Å²) in [6.07, 6.45) is 19.7. The van der Waals surface area contributed by atoms with Crippen molar-refractivity contribution in [2.75, 3.05) is 13.2 Å². The van der Waals surface area contributed by atoms with E-state index in [1.807, 2.05) is 0 Å². The normalized spacial score (nSPS) is 13.4. The molecular formula is C27H52NaO8P. The Morgan fingerprint density at radius 3 is 1.46 bits per heavy atom. The van der Waals surface area contributed by atoms with Gasteiger partial charge in [-0.25, -0.2) is 0 Å². The van der Waals surface area contributed by atoms with Crippen LogP contribution in [-0.4, -0.2) is 36.1 Å². The number of hydrogen-bond donors (Lipinski definition) is 1. The molecule has 2 atom stereocenters. The van der Waals surface area contributed by atoms with E-state index >= 15 is 0 Å². The summed E-state index contributed by atoms with van der Waals surface area (Å²) >= 11 is 0. The number of hydrogen-bond acceptors (Lipinski definition) is 7. The molecule has 0 amide bonds. The summed E-state index contributed by atoms with van der Waals surface area (Å²) in [5.41, 5.74) is 0. The van der Waals surface area contributed by atoms with E-state index in [1.165, 1.54) is 70.6 Å². The van der Waals surface area contributed by atoms with Crippen molar-refractivity contribution in [3.63, 3.8) is 0 Å². The fourth-order valence-electron chi connectivity index (χ4n) is 3.96. The minimum absolute atomic E-state index is 0. The second-order valence-electron chi connectivity index (χ2n) is 9.72. The van der Waals surface area contributed by atoms with Gasteiger partial charge < -0.3 is 23.8 Å². The van der Waals surface area contributed by atoms with Gasteiger partial charge >= 0.3 is 41.5 Å². The van der Waals surface area contributed by atoms with Gasteiger partial charge in [-0.15, -0.1) is 0 Å². The predicted octanol–water partition coefficient (Wildman–Crippen LogP) is 3.76. The number of carbonyl (C=O) groups is 2. The maximum absolute atomic E-state index is 12.2. The van der Waals surface area contributed by atoms with Crippen molar-refractivity contribution in [3.05, 3.63) is 0 Å². The Morgan fingerprint density at radius 2 is 1.05 bits per heavy atom. The first kappa shape index (κ1) is 39.2. The Balaban J connectivity index is 0. The van der Waals surface area contributed by atoms with Crippen molar-refractivity contribution in [2.45, 2.75) is 148 Å². The third-order valence-electron chi connectivity index (χ3n) is 6.12. The number of ether oxygens (including phenoxy) is 2. The van der Waals surface area contributed by atoms with E-state index in [9.17, 15) is 19.0 Å². The van der Waals surface area contributed by atoms with E-state index in [0.717, 1.165) is 38.5 Å². The van der Waals surface area contributed by atoms with Gasteiger partial charge in [-0.2, -0.15) is 0 Å². The minimum atomic E-state index is -4.97. The maximum atomic E-state index is 12.2. The van der Waals surface area contributed by atoms with Crippen molar-refractivity contribution in [2.24, 2.45) is 0 Å². The van der Waals surface area contributed by atoms with Crippen LogP contribution in [0.3, 0.4) is 0 Å². The molecule has 0 aromatic heterocycles. The molecule has 0 aliphatic rings. The summed E-state index contributed by atoms with van der Waals surface area (Å²) in [6, 6.07) is 0. The molecule has 1 N–H and O–H groups in total. The van der Waals surface area contributed by atoms with E-state index in [2.05, 4.69) is 18.4 Å². The Labute approximate surface area is 247 Å². The van der Waals surface area contributed by atoms with Gasteiger partial charge in [0.25, 0.3) is 7.82 Å². The second kappa shape index (κ2) is 27.6. The first-order valence-electron chi connectivity index (χ1n) is 14.3. The molecule has 0 aliphatic heterocycles. The van der Waals surface area contributed by atoms with Gasteiger partial charge in [-0.3, -0.25) is 14.2 Å². The standard InChI is InChI=1S/C27H53O8P.Na/c1-3-5-7-9-11-13-15-17-19-21-26(28)33-23-25(24-34-36(30,31)32)35-27(29)22-20-18-16-14-12-10-8-6-4-2;/h25H,3-24H2,1-2H3,(H2,30,31,32);/q;+1/p-1. The van der Waals surface area contributed by atoms with E-state index in [-0.39, 0.29) is 49.0 Å². The molecule has 0 heterocycles. The minimum Gasteiger partial charge on any atom is -0.756 e. The molecule has 214 valence electrons. The molecule has 10 heteroatoms. The largest absolute Gasteiger partial charge is 1.00 e. The first-order chi connectivity index (χ1) is 17.3. The number of phosphoric ester groups is 1. The topological polar surface area (TPSA) is 122 Å². The zero-order valence-corrected chi connectivity index (χ0v) is 26.8. The van der Waals surface area contributed by atoms with Gasteiger partial charge in [0.05, 0.1) is 6.61 Å². The van der Waals surface area contributed by atoms with Crippen molar-refractivity contribution in [3.8, 4) is 0 Å². The van der Waals surface area contributed by atoms with Crippen LogP contribution in [0.5, 0.6) is 0 Å². The molecular weight excluding hydrogens is 506 g/mol.